The summed E-state index contributed by atoms with van der Waals surface area (Å²) in [5.74, 6) is 1.34. The highest BCUT2D eigenvalue weighted by atomic mass is 19.4. The van der Waals surface area contributed by atoms with Gasteiger partial charge in [-0.3, -0.25) is 0 Å². The van der Waals surface area contributed by atoms with E-state index in [1.807, 2.05) is 48.5 Å². The van der Waals surface area contributed by atoms with Crippen molar-refractivity contribution in [2.45, 2.75) is 31.3 Å². The highest BCUT2D eigenvalue weighted by molar-refractivity contribution is 5.88. The van der Waals surface area contributed by atoms with Crippen LogP contribution in [0.1, 0.15) is 53.2 Å². The Balaban J connectivity index is 1.37. The number of nitrogens with zero attached hydrogens (tertiary/aromatic N) is 3. The quantitative estimate of drug-likeness (QED) is 0.149. The van der Waals surface area contributed by atoms with Crippen LogP contribution in [0.5, 0.6) is 5.75 Å². The average Bonchev–Trinajstić information content (AvgIpc) is 3.74. The summed E-state index contributed by atoms with van der Waals surface area (Å²) in [6, 6.07) is 28.0. The van der Waals surface area contributed by atoms with Gasteiger partial charge in [0.1, 0.15) is 5.75 Å². The number of hydrogen-bond donors (Lipinski definition) is 3. The third kappa shape index (κ3) is 6.11. The molecule has 1 aromatic heterocycles. The maximum atomic E-state index is 13.7. The number of fused-ring (bicyclic) bond motifs is 1. The number of aromatic nitrogens is 2. The van der Waals surface area contributed by atoms with Crippen LogP contribution in [0.4, 0.5) is 18.9 Å². The Hall–Kier alpha value is -4.85. The van der Waals surface area contributed by atoms with Gasteiger partial charge in [0.15, 0.2) is 11.9 Å². The Morgan fingerprint density at radius 1 is 1.02 bits per heavy atom. The fraction of sp³-hybridized carbons (Fsp3) is 0.235. The van der Waals surface area contributed by atoms with E-state index >= 15 is 0 Å². The molecule has 0 bridgehead atoms. The van der Waals surface area contributed by atoms with Crippen molar-refractivity contribution >= 4 is 16.5 Å². The van der Waals surface area contributed by atoms with Gasteiger partial charge in [0, 0.05) is 11.3 Å². The molecule has 0 radical (unpaired) electrons. The van der Waals surface area contributed by atoms with Gasteiger partial charge < -0.3 is 20.5 Å². The van der Waals surface area contributed by atoms with Crippen molar-refractivity contribution < 1.29 is 23.0 Å². The predicted molar refractivity (Wildman–Crippen MR) is 161 cm³/mol. The SMILES string of the molecule is COc1ccc2ccccc2c1C(NCC1CC1)c1cccc(NC(O)c2cc(C(F)(F)F)nn2-c2cccc(C#N)c2)c1. The second kappa shape index (κ2) is 12.0. The molecule has 1 heterocycles. The third-order valence-corrected chi connectivity index (χ3v) is 7.80. The number of ether oxygens (including phenoxy) is 1. The zero-order chi connectivity index (χ0) is 30.8. The predicted octanol–water partition coefficient (Wildman–Crippen LogP) is 7.12. The fourth-order valence-electron chi connectivity index (χ4n) is 5.43. The molecule has 0 aliphatic heterocycles. The summed E-state index contributed by atoms with van der Waals surface area (Å²) in [7, 11) is 1.64. The first-order valence-electron chi connectivity index (χ1n) is 14.3. The summed E-state index contributed by atoms with van der Waals surface area (Å²) >= 11 is 0. The van der Waals surface area contributed by atoms with E-state index in [0.717, 1.165) is 44.9 Å². The number of aliphatic hydroxyl groups excluding tert-OH is 1. The number of nitrogens with one attached hydrogen (secondary N) is 2. The first kappa shape index (κ1) is 29.2. The van der Waals surface area contributed by atoms with E-state index in [4.69, 9.17) is 4.74 Å². The summed E-state index contributed by atoms with van der Waals surface area (Å²) < 4.78 is 47.9. The van der Waals surface area contributed by atoms with Gasteiger partial charge in [0.25, 0.3) is 0 Å². The Morgan fingerprint density at radius 3 is 2.57 bits per heavy atom. The Bertz CT molecular complexity index is 1840. The summed E-state index contributed by atoms with van der Waals surface area (Å²) in [5.41, 5.74) is 1.56. The summed E-state index contributed by atoms with van der Waals surface area (Å²) in [6.07, 6.45) is -3.94. The average molecular weight is 598 g/mol. The molecule has 1 aliphatic carbocycles. The molecule has 5 aromatic rings. The van der Waals surface area contributed by atoms with E-state index in [1.54, 1.807) is 19.2 Å². The van der Waals surface area contributed by atoms with E-state index in [9.17, 15) is 23.5 Å². The van der Waals surface area contributed by atoms with Crippen LogP contribution in [-0.2, 0) is 6.18 Å². The van der Waals surface area contributed by atoms with Gasteiger partial charge in [-0.05, 0) is 84.1 Å². The molecule has 224 valence electrons. The normalized spacial score (nSPS) is 14.6. The molecule has 1 fully saturated rings. The molecular formula is C34H30F3N5O2. The van der Waals surface area contributed by atoms with E-state index in [-0.39, 0.29) is 23.0 Å². The summed E-state index contributed by atoms with van der Waals surface area (Å²) in [5, 5.41) is 33.1. The molecule has 10 heteroatoms. The van der Waals surface area contributed by atoms with Crippen molar-refractivity contribution in [3.05, 3.63) is 119 Å². The van der Waals surface area contributed by atoms with Crippen LogP contribution in [0.15, 0.2) is 91.0 Å². The van der Waals surface area contributed by atoms with E-state index in [2.05, 4.69) is 27.9 Å². The monoisotopic (exact) mass is 597 g/mol. The minimum atomic E-state index is -4.73. The largest absolute Gasteiger partial charge is 0.496 e. The smallest absolute Gasteiger partial charge is 0.435 e. The van der Waals surface area contributed by atoms with Crippen LogP contribution in [0.3, 0.4) is 0 Å². The van der Waals surface area contributed by atoms with Gasteiger partial charge in [-0.15, -0.1) is 0 Å². The highest BCUT2D eigenvalue weighted by Gasteiger charge is 2.36. The summed E-state index contributed by atoms with van der Waals surface area (Å²) in [4.78, 5) is 0. The second-order valence-electron chi connectivity index (χ2n) is 10.9. The lowest BCUT2D eigenvalue weighted by atomic mass is 9.92. The van der Waals surface area contributed by atoms with Crippen molar-refractivity contribution in [1.29, 1.82) is 5.26 Å². The molecule has 1 aliphatic rings. The number of anilines is 1. The number of rotatable bonds is 10. The van der Waals surface area contributed by atoms with Gasteiger partial charge in [-0.25, -0.2) is 4.68 Å². The van der Waals surface area contributed by atoms with Crippen molar-refractivity contribution in [2.75, 3.05) is 19.0 Å². The second-order valence-corrected chi connectivity index (χ2v) is 10.9. The molecule has 0 spiro atoms. The van der Waals surface area contributed by atoms with Crippen LogP contribution >= 0.6 is 0 Å². The van der Waals surface area contributed by atoms with Crippen molar-refractivity contribution in [3.8, 4) is 17.5 Å². The Morgan fingerprint density at radius 2 is 1.82 bits per heavy atom. The van der Waals surface area contributed by atoms with Crippen molar-refractivity contribution in [2.24, 2.45) is 5.92 Å². The van der Waals surface area contributed by atoms with Gasteiger partial charge in [-0.2, -0.15) is 23.5 Å². The maximum absolute atomic E-state index is 13.7. The number of aliphatic hydroxyl groups is 1. The van der Waals surface area contributed by atoms with Gasteiger partial charge in [-0.1, -0.05) is 48.5 Å². The Kier molecular flexibility index (Phi) is 7.99. The Labute approximate surface area is 252 Å². The van der Waals surface area contributed by atoms with Crippen molar-refractivity contribution in [1.82, 2.24) is 15.1 Å². The molecule has 44 heavy (non-hydrogen) atoms. The molecule has 6 rings (SSSR count). The summed E-state index contributed by atoms with van der Waals surface area (Å²) in [6.45, 7) is 0.818. The molecule has 0 amide bonds. The topological polar surface area (TPSA) is 95.1 Å². The fourth-order valence-corrected chi connectivity index (χ4v) is 5.43. The number of nitriles is 1. The van der Waals surface area contributed by atoms with Crippen LogP contribution < -0.4 is 15.4 Å². The number of alkyl halides is 3. The van der Waals surface area contributed by atoms with Crippen molar-refractivity contribution in [3.63, 3.8) is 0 Å². The van der Waals surface area contributed by atoms with Crippen LogP contribution in [0.2, 0.25) is 0 Å². The zero-order valence-electron chi connectivity index (χ0n) is 23.8. The molecule has 4 aromatic carbocycles. The van der Waals surface area contributed by atoms with Crippen LogP contribution in [0.25, 0.3) is 16.5 Å². The lowest BCUT2D eigenvalue weighted by Gasteiger charge is -2.25. The number of hydrogen-bond acceptors (Lipinski definition) is 6. The molecule has 0 saturated heterocycles. The molecule has 2 unspecified atom stereocenters. The lowest BCUT2D eigenvalue weighted by Crippen LogP contribution is -2.25. The molecule has 7 nitrogen and oxygen atoms in total. The van der Waals surface area contributed by atoms with Crippen LogP contribution in [-0.4, -0.2) is 28.5 Å². The zero-order valence-corrected chi connectivity index (χ0v) is 23.8. The van der Waals surface area contributed by atoms with E-state index < -0.39 is 18.1 Å². The third-order valence-electron chi connectivity index (χ3n) is 7.80. The highest BCUT2D eigenvalue weighted by Crippen LogP contribution is 2.39. The van der Waals surface area contributed by atoms with E-state index in [0.29, 0.717) is 11.6 Å². The maximum Gasteiger partial charge on any atom is 0.435 e. The number of benzene rings is 4. The molecule has 2 atom stereocenters. The van der Waals surface area contributed by atoms with Gasteiger partial charge in [0.2, 0.25) is 0 Å². The molecule has 3 N–H and O–H groups in total. The van der Waals surface area contributed by atoms with Gasteiger partial charge >= 0.3 is 6.18 Å². The minimum Gasteiger partial charge on any atom is -0.496 e. The molecular weight excluding hydrogens is 567 g/mol. The minimum absolute atomic E-state index is 0.128. The van der Waals surface area contributed by atoms with Crippen LogP contribution in [0, 0.1) is 17.2 Å². The first-order chi connectivity index (χ1) is 21.2. The number of methoxy groups -OCH3 is 1. The standard InChI is InChI=1S/C34H30F3N5O2/c1-44-29-15-14-23-7-2-3-11-27(23)31(29)32(39-20-21-12-13-21)24-8-5-9-25(17-24)40-33(43)28-18-30(34(35,36)37)41-42(28)26-10-4-6-22(16-26)19-38/h2-11,14-18,21,32-33,39-40,43H,12-13,20H2,1H3. The first-order valence-corrected chi connectivity index (χ1v) is 14.3. The number of halogens is 3. The lowest BCUT2D eigenvalue weighted by molar-refractivity contribution is -0.141. The molecule has 1 saturated carbocycles. The van der Waals surface area contributed by atoms with E-state index in [1.165, 1.54) is 31.0 Å². The van der Waals surface area contributed by atoms with Gasteiger partial charge in [0.05, 0.1) is 36.2 Å².